The molecule has 0 heterocycles. The van der Waals surface area contributed by atoms with Gasteiger partial charge >= 0.3 is 5.97 Å². The van der Waals surface area contributed by atoms with E-state index in [9.17, 15) is 9.90 Å². The molecule has 0 aliphatic carbocycles. The molecule has 0 fully saturated rings. The van der Waals surface area contributed by atoms with E-state index >= 15 is 0 Å². The number of carboxylic acid groups (broad SMARTS) is 1. The highest BCUT2D eigenvalue weighted by Gasteiger charge is 2.18. The first-order valence-electron chi connectivity index (χ1n) is 5.72. The maximum Gasteiger partial charge on any atom is 0.317 e. The smallest absolute Gasteiger partial charge is 0.317 e. The molecule has 0 rings (SSSR count). The van der Waals surface area contributed by atoms with Crippen LogP contribution in [-0.2, 0) is 9.53 Å². The minimum atomic E-state index is -0.871. The normalized spacial score (nSPS) is 15.1. The Hall–Kier alpha value is -0.650. The third kappa shape index (κ3) is 6.76. The van der Waals surface area contributed by atoms with Crippen molar-refractivity contribution in [3.63, 3.8) is 0 Å². The van der Waals surface area contributed by atoms with E-state index in [1.807, 2.05) is 20.8 Å². The van der Waals surface area contributed by atoms with Crippen LogP contribution in [-0.4, -0.2) is 59.5 Å². The van der Waals surface area contributed by atoms with Crippen LogP contribution < -0.4 is 0 Å². The molecule has 0 spiro atoms. The zero-order valence-corrected chi connectivity index (χ0v) is 10.3. The van der Waals surface area contributed by atoms with Crippen LogP contribution in [0.25, 0.3) is 0 Å². The summed E-state index contributed by atoms with van der Waals surface area (Å²) in [4.78, 5) is 12.4. The molecule has 0 bridgehead atoms. The van der Waals surface area contributed by atoms with E-state index in [4.69, 9.17) is 9.84 Å². The van der Waals surface area contributed by atoms with Crippen LogP contribution in [0.1, 0.15) is 27.2 Å². The Morgan fingerprint density at radius 1 is 1.44 bits per heavy atom. The van der Waals surface area contributed by atoms with Gasteiger partial charge in [0, 0.05) is 19.2 Å². The van der Waals surface area contributed by atoms with Crippen LogP contribution in [0.3, 0.4) is 0 Å². The van der Waals surface area contributed by atoms with Gasteiger partial charge in [-0.15, -0.1) is 0 Å². The molecule has 2 unspecified atom stereocenters. The van der Waals surface area contributed by atoms with Gasteiger partial charge in [0.2, 0.25) is 0 Å². The Bertz CT molecular complexity index is 198. The molecule has 0 saturated carbocycles. The van der Waals surface area contributed by atoms with Gasteiger partial charge in [0.25, 0.3) is 0 Å². The number of ether oxygens (including phenoxy) is 1. The summed E-state index contributed by atoms with van der Waals surface area (Å²) in [6.45, 7) is 6.91. The lowest BCUT2D eigenvalue weighted by atomic mass is 10.2. The Morgan fingerprint density at radius 2 is 2.06 bits per heavy atom. The summed E-state index contributed by atoms with van der Waals surface area (Å²) < 4.78 is 5.09. The van der Waals surface area contributed by atoms with E-state index in [-0.39, 0.29) is 19.2 Å². The van der Waals surface area contributed by atoms with E-state index in [2.05, 4.69) is 0 Å². The summed E-state index contributed by atoms with van der Waals surface area (Å²) >= 11 is 0. The molecule has 0 radical (unpaired) electrons. The van der Waals surface area contributed by atoms with Gasteiger partial charge in [0.15, 0.2) is 0 Å². The predicted octanol–water partition coefficient (Wildman–Crippen LogP) is 0.569. The minimum absolute atomic E-state index is 0.0435. The first kappa shape index (κ1) is 15.3. The standard InChI is InChI=1S/C11H23NO4/c1-4-9(3)12(7-11(14)15)6-10(13)8-16-5-2/h9-10,13H,4-8H2,1-3H3,(H,14,15). The van der Waals surface area contributed by atoms with E-state index < -0.39 is 12.1 Å². The average molecular weight is 233 g/mol. The van der Waals surface area contributed by atoms with E-state index in [0.717, 1.165) is 6.42 Å². The number of aliphatic hydroxyl groups is 1. The summed E-state index contributed by atoms with van der Waals surface area (Å²) in [6, 6.07) is 0.146. The molecule has 96 valence electrons. The van der Waals surface area contributed by atoms with Crippen molar-refractivity contribution in [2.24, 2.45) is 0 Å². The Morgan fingerprint density at radius 3 is 2.50 bits per heavy atom. The molecule has 0 aliphatic rings. The van der Waals surface area contributed by atoms with Gasteiger partial charge in [0.05, 0.1) is 19.3 Å². The van der Waals surface area contributed by atoms with E-state index in [1.165, 1.54) is 0 Å². The zero-order chi connectivity index (χ0) is 12.6. The van der Waals surface area contributed by atoms with E-state index in [1.54, 1.807) is 4.90 Å². The maximum atomic E-state index is 10.7. The number of carboxylic acids is 1. The summed E-state index contributed by atoms with van der Waals surface area (Å²) in [5.74, 6) is -0.871. The number of hydrogen-bond acceptors (Lipinski definition) is 4. The Labute approximate surface area is 97.0 Å². The molecule has 16 heavy (non-hydrogen) atoms. The van der Waals surface area contributed by atoms with E-state index in [0.29, 0.717) is 13.2 Å². The first-order valence-corrected chi connectivity index (χ1v) is 5.72. The molecule has 5 nitrogen and oxygen atoms in total. The van der Waals surface area contributed by atoms with Gasteiger partial charge in [-0.05, 0) is 20.3 Å². The highest BCUT2D eigenvalue weighted by atomic mass is 16.5. The van der Waals surface area contributed by atoms with Gasteiger partial charge in [-0.1, -0.05) is 6.92 Å². The fourth-order valence-electron chi connectivity index (χ4n) is 1.41. The van der Waals surface area contributed by atoms with Crippen LogP contribution in [0.2, 0.25) is 0 Å². The molecule has 0 saturated heterocycles. The van der Waals surface area contributed by atoms with Crippen molar-refractivity contribution < 1.29 is 19.7 Å². The lowest BCUT2D eigenvalue weighted by Gasteiger charge is -2.28. The van der Waals surface area contributed by atoms with Gasteiger partial charge in [-0.2, -0.15) is 0 Å². The predicted molar refractivity (Wildman–Crippen MR) is 61.5 cm³/mol. The lowest BCUT2D eigenvalue weighted by molar-refractivity contribution is -0.139. The van der Waals surface area contributed by atoms with Gasteiger partial charge < -0.3 is 14.9 Å². The lowest BCUT2D eigenvalue weighted by Crippen LogP contribution is -2.43. The summed E-state index contributed by atoms with van der Waals surface area (Å²) in [5, 5.41) is 18.4. The summed E-state index contributed by atoms with van der Waals surface area (Å²) in [7, 11) is 0. The molecule has 0 aromatic carbocycles. The first-order chi connectivity index (χ1) is 7.51. The summed E-state index contributed by atoms with van der Waals surface area (Å²) in [6.07, 6.45) is 0.225. The number of rotatable bonds is 9. The third-order valence-electron chi connectivity index (χ3n) is 2.51. The topological polar surface area (TPSA) is 70.0 Å². The maximum absolute atomic E-state index is 10.7. The van der Waals surface area contributed by atoms with Crippen molar-refractivity contribution >= 4 is 5.97 Å². The van der Waals surface area contributed by atoms with Crippen LogP contribution >= 0.6 is 0 Å². The fraction of sp³-hybridized carbons (Fsp3) is 0.909. The number of aliphatic hydroxyl groups excluding tert-OH is 1. The monoisotopic (exact) mass is 233 g/mol. The zero-order valence-electron chi connectivity index (χ0n) is 10.3. The molecule has 5 heteroatoms. The number of carbonyl (C=O) groups is 1. The molecule has 2 N–H and O–H groups in total. The van der Waals surface area contributed by atoms with Crippen LogP contribution in [0.4, 0.5) is 0 Å². The second-order valence-corrected chi connectivity index (χ2v) is 3.89. The average Bonchev–Trinajstić information content (AvgIpc) is 2.23. The molecule has 0 aromatic heterocycles. The summed E-state index contributed by atoms with van der Waals surface area (Å²) in [5.41, 5.74) is 0. The molecular formula is C11H23NO4. The molecule has 2 atom stereocenters. The van der Waals surface area contributed by atoms with Crippen molar-refractivity contribution in [1.82, 2.24) is 4.90 Å². The third-order valence-corrected chi connectivity index (χ3v) is 2.51. The van der Waals surface area contributed by atoms with Crippen molar-refractivity contribution in [2.75, 3.05) is 26.3 Å². The highest BCUT2D eigenvalue weighted by molar-refractivity contribution is 5.69. The molecular weight excluding hydrogens is 210 g/mol. The van der Waals surface area contributed by atoms with Gasteiger partial charge in [-0.25, -0.2) is 0 Å². The van der Waals surface area contributed by atoms with Crippen molar-refractivity contribution in [3.05, 3.63) is 0 Å². The Balaban J connectivity index is 4.13. The van der Waals surface area contributed by atoms with Crippen LogP contribution in [0.5, 0.6) is 0 Å². The second-order valence-electron chi connectivity index (χ2n) is 3.89. The number of aliphatic carboxylic acids is 1. The molecule has 0 amide bonds. The SMILES string of the molecule is CCOCC(O)CN(CC(=O)O)C(C)CC. The van der Waals surface area contributed by atoms with Crippen molar-refractivity contribution in [3.8, 4) is 0 Å². The number of hydrogen-bond donors (Lipinski definition) is 2. The highest BCUT2D eigenvalue weighted by Crippen LogP contribution is 2.04. The van der Waals surface area contributed by atoms with Gasteiger partial charge in [-0.3, -0.25) is 9.69 Å². The van der Waals surface area contributed by atoms with Gasteiger partial charge in [0.1, 0.15) is 0 Å². The molecule has 0 aromatic rings. The van der Waals surface area contributed by atoms with Crippen molar-refractivity contribution in [2.45, 2.75) is 39.3 Å². The quantitative estimate of drug-likeness (QED) is 0.609. The largest absolute Gasteiger partial charge is 0.480 e. The minimum Gasteiger partial charge on any atom is -0.480 e. The Kier molecular flexibility index (Phi) is 8.15. The van der Waals surface area contributed by atoms with Crippen LogP contribution in [0.15, 0.2) is 0 Å². The second kappa shape index (κ2) is 8.50. The van der Waals surface area contributed by atoms with Crippen LogP contribution in [0, 0.1) is 0 Å². The molecule has 0 aliphatic heterocycles. The van der Waals surface area contributed by atoms with Crippen molar-refractivity contribution in [1.29, 1.82) is 0 Å². The number of nitrogens with zero attached hydrogens (tertiary/aromatic N) is 1. The fourth-order valence-corrected chi connectivity index (χ4v) is 1.41.